The second-order valence-corrected chi connectivity index (χ2v) is 6.76. The second kappa shape index (κ2) is 7.17. The van der Waals surface area contributed by atoms with Gasteiger partial charge in [0.15, 0.2) is 0 Å². The van der Waals surface area contributed by atoms with Crippen LogP contribution in [-0.4, -0.2) is 19.7 Å². The number of carbonyl (C=O) groups excluding carboxylic acids is 1. The first kappa shape index (κ1) is 18.5. The molecule has 1 aromatic carbocycles. The quantitative estimate of drug-likeness (QED) is 0.708. The first-order valence-electron chi connectivity index (χ1n) is 8.06. The van der Waals surface area contributed by atoms with Gasteiger partial charge in [-0.25, -0.2) is 0 Å². The Kier molecular flexibility index (Phi) is 6.04. The zero-order chi connectivity index (χ0) is 17.0. The van der Waals surface area contributed by atoms with Gasteiger partial charge >= 0.3 is 5.97 Å². The molecule has 0 N–H and O–H groups in total. The summed E-state index contributed by atoms with van der Waals surface area (Å²) in [6, 6.07) is 7.92. The highest BCUT2D eigenvalue weighted by Crippen LogP contribution is 2.53. The van der Waals surface area contributed by atoms with Crippen LogP contribution in [0.4, 0.5) is 0 Å². The number of methoxy groups -OCH3 is 1. The van der Waals surface area contributed by atoms with Crippen molar-refractivity contribution in [1.29, 1.82) is 0 Å². The van der Waals surface area contributed by atoms with E-state index in [1.807, 2.05) is 31.2 Å². The molecule has 2 unspecified atom stereocenters. The number of ether oxygens (including phenoxy) is 2. The molecule has 0 aromatic heterocycles. The van der Waals surface area contributed by atoms with Gasteiger partial charge in [-0.3, -0.25) is 4.79 Å². The van der Waals surface area contributed by atoms with Crippen LogP contribution in [0.1, 0.15) is 59.4 Å². The summed E-state index contributed by atoms with van der Waals surface area (Å²) in [6.45, 7) is 12.7. The van der Waals surface area contributed by atoms with E-state index < -0.39 is 5.41 Å². The van der Waals surface area contributed by atoms with Gasteiger partial charge in [0.2, 0.25) is 0 Å². The summed E-state index contributed by atoms with van der Waals surface area (Å²) in [5.74, 6) is 0.692. The van der Waals surface area contributed by atoms with Crippen molar-refractivity contribution in [2.75, 3.05) is 13.7 Å². The Hall–Kier alpha value is -1.51. The monoisotopic (exact) mass is 306 g/mol. The van der Waals surface area contributed by atoms with Gasteiger partial charge in [0.25, 0.3) is 0 Å². The van der Waals surface area contributed by atoms with Gasteiger partial charge in [-0.1, -0.05) is 52.8 Å². The third kappa shape index (κ3) is 3.13. The average molecular weight is 306 g/mol. The van der Waals surface area contributed by atoms with Crippen LogP contribution in [0.15, 0.2) is 24.3 Å². The fourth-order valence-electron chi connectivity index (χ4n) is 3.66. The molecule has 0 amide bonds. The Balaban J connectivity index is 3.47. The molecule has 0 aliphatic heterocycles. The summed E-state index contributed by atoms with van der Waals surface area (Å²) >= 11 is 0. The number of hydrogen-bond acceptors (Lipinski definition) is 3. The Morgan fingerprint density at radius 2 is 1.77 bits per heavy atom. The largest absolute Gasteiger partial charge is 0.496 e. The first-order chi connectivity index (χ1) is 10.3. The van der Waals surface area contributed by atoms with E-state index in [0.29, 0.717) is 13.0 Å². The van der Waals surface area contributed by atoms with Gasteiger partial charge in [-0.15, -0.1) is 0 Å². The van der Waals surface area contributed by atoms with Crippen LogP contribution in [0, 0.1) is 10.8 Å². The van der Waals surface area contributed by atoms with Crippen molar-refractivity contribution in [3.05, 3.63) is 29.8 Å². The highest BCUT2D eigenvalue weighted by atomic mass is 16.5. The first-order valence-corrected chi connectivity index (χ1v) is 8.06. The Morgan fingerprint density at radius 3 is 2.23 bits per heavy atom. The molecule has 22 heavy (non-hydrogen) atoms. The topological polar surface area (TPSA) is 35.5 Å². The maximum Gasteiger partial charge on any atom is 0.313 e. The van der Waals surface area contributed by atoms with E-state index in [1.165, 1.54) is 0 Å². The standard InChI is InChI=1S/C19H30O3/c1-8-19(18(4,5)6,17(20)22-9-2)14(3)15-12-10-11-13-16(15)21-7/h10-14H,8-9H2,1-7H3. The predicted octanol–water partition coefficient (Wildman–Crippen LogP) is 4.80. The molecule has 2 atom stereocenters. The molecule has 3 heteroatoms. The van der Waals surface area contributed by atoms with E-state index in [1.54, 1.807) is 7.11 Å². The van der Waals surface area contributed by atoms with E-state index in [0.717, 1.165) is 11.3 Å². The summed E-state index contributed by atoms with van der Waals surface area (Å²) < 4.78 is 11.0. The fraction of sp³-hybridized carbons (Fsp3) is 0.632. The third-order valence-corrected chi connectivity index (χ3v) is 4.88. The lowest BCUT2D eigenvalue weighted by Crippen LogP contribution is -2.47. The smallest absolute Gasteiger partial charge is 0.313 e. The maximum atomic E-state index is 12.9. The van der Waals surface area contributed by atoms with Crippen LogP contribution in [0.2, 0.25) is 0 Å². The zero-order valence-corrected chi connectivity index (χ0v) is 15.0. The molecule has 0 aliphatic carbocycles. The normalized spacial score (nSPS) is 15.8. The lowest BCUT2D eigenvalue weighted by atomic mass is 9.57. The minimum Gasteiger partial charge on any atom is -0.496 e. The molecule has 3 nitrogen and oxygen atoms in total. The van der Waals surface area contributed by atoms with E-state index in [2.05, 4.69) is 34.6 Å². The average Bonchev–Trinajstić information content (AvgIpc) is 2.47. The highest BCUT2D eigenvalue weighted by molar-refractivity contribution is 5.79. The van der Waals surface area contributed by atoms with Gasteiger partial charge in [-0.2, -0.15) is 0 Å². The Labute approximate surface area is 135 Å². The van der Waals surface area contributed by atoms with Crippen molar-refractivity contribution in [2.24, 2.45) is 10.8 Å². The van der Waals surface area contributed by atoms with E-state index in [9.17, 15) is 4.79 Å². The number of benzene rings is 1. The van der Waals surface area contributed by atoms with E-state index >= 15 is 0 Å². The molecule has 0 saturated carbocycles. The molecule has 1 rings (SSSR count). The molecule has 0 fully saturated rings. The summed E-state index contributed by atoms with van der Waals surface area (Å²) in [7, 11) is 1.67. The zero-order valence-electron chi connectivity index (χ0n) is 15.0. The van der Waals surface area contributed by atoms with Crippen molar-refractivity contribution in [1.82, 2.24) is 0 Å². The molecule has 0 heterocycles. The molecule has 1 aromatic rings. The highest BCUT2D eigenvalue weighted by Gasteiger charge is 2.53. The molecule has 124 valence electrons. The number of para-hydroxylation sites is 1. The molecule has 0 aliphatic rings. The Bertz CT molecular complexity index is 502. The van der Waals surface area contributed by atoms with Crippen LogP contribution in [-0.2, 0) is 9.53 Å². The number of hydrogen-bond donors (Lipinski definition) is 0. The second-order valence-electron chi connectivity index (χ2n) is 6.76. The van der Waals surface area contributed by atoms with Gasteiger partial charge in [-0.05, 0) is 30.4 Å². The number of rotatable bonds is 6. The molecular weight excluding hydrogens is 276 g/mol. The number of esters is 1. The maximum absolute atomic E-state index is 12.9. The van der Waals surface area contributed by atoms with Crippen LogP contribution < -0.4 is 4.74 Å². The van der Waals surface area contributed by atoms with Gasteiger partial charge in [0, 0.05) is 5.92 Å². The molecule has 0 spiro atoms. The van der Waals surface area contributed by atoms with Crippen molar-refractivity contribution in [2.45, 2.75) is 53.9 Å². The third-order valence-electron chi connectivity index (χ3n) is 4.88. The molecule has 0 bridgehead atoms. The van der Waals surface area contributed by atoms with Crippen LogP contribution in [0.25, 0.3) is 0 Å². The summed E-state index contributed by atoms with van der Waals surface area (Å²) in [4.78, 5) is 12.9. The van der Waals surface area contributed by atoms with Crippen LogP contribution in [0.3, 0.4) is 0 Å². The fourth-order valence-corrected chi connectivity index (χ4v) is 3.66. The van der Waals surface area contributed by atoms with E-state index in [4.69, 9.17) is 9.47 Å². The van der Waals surface area contributed by atoms with E-state index in [-0.39, 0.29) is 17.3 Å². The van der Waals surface area contributed by atoms with Crippen molar-refractivity contribution < 1.29 is 14.3 Å². The van der Waals surface area contributed by atoms with Gasteiger partial charge < -0.3 is 9.47 Å². The number of carbonyl (C=O) groups is 1. The minimum atomic E-state index is -0.600. The van der Waals surface area contributed by atoms with Gasteiger partial charge in [0.1, 0.15) is 5.75 Å². The summed E-state index contributed by atoms with van der Waals surface area (Å²) in [5.41, 5.74) is 0.223. The Morgan fingerprint density at radius 1 is 1.18 bits per heavy atom. The van der Waals surface area contributed by atoms with Gasteiger partial charge in [0.05, 0.1) is 19.1 Å². The lowest BCUT2D eigenvalue weighted by Gasteiger charge is -2.46. The van der Waals surface area contributed by atoms with Crippen molar-refractivity contribution in [3.8, 4) is 5.75 Å². The lowest BCUT2D eigenvalue weighted by molar-refractivity contribution is -0.165. The summed E-state index contributed by atoms with van der Waals surface area (Å²) in [6.07, 6.45) is 0.717. The van der Waals surface area contributed by atoms with Crippen molar-refractivity contribution >= 4 is 5.97 Å². The molecule has 0 saturated heterocycles. The van der Waals surface area contributed by atoms with Crippen LogP contribution in [0.5, 0.6) is 5.75 Å². The molecule has 0 radical (unpaired) electrons. The summed E-state index contributed by atoms with van der Waals surface area (Å²) in [5, 5.41) is 0. The SMILES string of the molecule is CCOC(=O)C(CC)(C(C)c1ccccc1OC)C(C)(C)C. The minimum absolute atomic E-state index is 0.00676. The van der Waals surface area contributed by atoms with Crippen LogP contribution >= 0.6 is 0 Å². The van der Waals surface area contributed by atoms with Crippen molar-refractivity contribution in [3.63, 3.8) is 0 Å². The molecular formula is C19H30O3. The predicted molar refractivity (Wildman–Crippen MR) is 90.2 cm³/mol.